The summed E-state index contributed by atoms with van der Waals surface area (Å²) in [6, 6.07) is 6.84. The Balaban J connectivity index is 2.23. The first kappa shape index (κ1) is 9.79. The Morgan fingerprint density at radius 1 is 1.53 bits per heavy atom. The second-order valence-corrected chi connectivity index (χ2v) is 3.45. The third-order valence-corrected chi connectivity index (χ3v) is 2.25. The number of likely N-dealkylation sites (N-methyl/N-ethyl adjacent to an activating group) is 1. The molecule has 1 unspecified atom stereocenters. The molecule has 0 spiro atoms. The summed E-state index contributed by atoms with van der Waals surface area (Å²) in [5, 5.41) is 11.2. The molecular weight excluding hydrogens is 196 g/mol. The Hall–Kier alpha value is -1.75. The molecule has 1 aliphatic rings. The monoisotopic (exact) mass is 208 g/mol. The highest BCUT2D eigenvalue weighted by atomic mass is 16.6. The lowest BCUT2D eigenvalue weighted by Crippen LogP contribution is -2.48. The lowest BCUT2D eigenvalue weighted by molar-refractivity contribution is 0.0120. The molecule has 1 aromatic carbocycles. The second kappa shape index (κ2) is 3.78. The van der Waals surface area contributed by atoms with Crippen LogP contribution in [0.3, 0.4) is 0 Å². The van der Waals surface area contributed by atoms with E-state index in [2.05, 4.69) is 5.43 Å². The van der Waals surface area contributed by atoms with E-state index in [0.29, 0.717) is 12.1 Å². The lowest BCUT2D eigenvalue weighted by Gasteiger charge is -2.30. The van der Waals surface area contributed by atoms with Crippen molar-refractivity contribution in [2.45, 2.75) is 6.10 Å². The van der Waals surface area contributed by atoms with Crippen molar-refractivity contribution in [2.75, 3.05) is 13.6 Å². The molecule has 0 aliphatic carbocycles. The van der Waals surface area contributed by atoms with Crippen molar-refractivity contribution in [1.82, 2.24) is 10.4 Å². The number of nitrogens with zero attached hydrogens (tertiary/aromatic N) is 1. The maximum Gasteiger partial charge on any atom is 0.422 e. The number of amides is 1. The Kier molecular flexibility index (Phi) is 2.47. The van der Waals surface area contributed by atoms with E-state index in [4.69, 9.17) is 4.74 Å². The van der Waals surface area contributed by atoms with Gasteiger partial charge >= 0.3 is 6.09 Å². The van der Waals surface area contributed by atoms with Crippen LogP contribution in [0.15, 0.2) is 24.3 Å². The average molecular weight is 208 g/mol. The summed E-state index contributed by atoms with van der Waals surface area (Å²) >= 11 is 0. The fourth-order valence-corrected chi connectivity index (χ4v) is 1.56. The number of benzene rings is 1. The summed E-state index contributed by atoms with van der Waals surface area (Å²) in [5.74, 6) is 0.144. The fourth-order valence-electron chi connectivity index (χ4n) is 1.56. The largest absolute Gasteiger partial charge is 0.508 e. The molecule has 0 aromatic heterocycles. The number of ether oxygens (including phenoxy) is 1. The van der Waals surface area contributed by atoms with Crippen LogP contribution in [0, 0.1) is 0 Å². The van der Waals surface area contributed by atoms with Crippen molar-refractivity contribution in [1.29, 1.82) is 0 Å². The molecule has 2 N–H and O–H groups in total. The van der Waals surface area contributed by atoms with Gasteiger partial charge in [0, 0.05) is 12.6 Å². The zero-order valence-electron chi connectivity index (χ0n) is 8.30. The fraction of sp³-hybridized carbons (Fsp3) is 0.300. The van der Waals surface area contributed by atoms with E-state index in [-0.39, 0.29) is 5.75 Å². The number of phenols is 1. The van der Waals surface area contributed by atoms with Gasteiger partial charge in [-0.15, -0.1) is 0 Å². The number of hydrogen-bond donors (Lipinski definition) is 2. The molecule has 5 nitrogen and oxygen atoms in total. The second-order valence-electron chi connectivity index (χ2n) is 3.45. The summed E-state index contributed by atoms with van der Waals surface area (Å²) in [6.45, 7) is 0.503. The minimum absolute atomic E-state index is 0.144. The number of hydrazine groups is 1. The first-order valence-electron chi connectivity index (χ1n) is 4.63. The molecule has 2 rings (SSSR count). The number of carbonyl (C=O) groups excluding carboxylic acids is 1. The highest BCUT2D eigenvalue weighted by molar-refractivity contribution is 5.67. The average Bonchev–Trinajstić information content (AvgIpc) is 2.16. The lowest BCUT2D eigenvalue weighted by atomic mass is 10.1. The van der Waals surface area contributed by atoms with Gasteiger partial charge in [-0.1, -0.05) is 18.2 Å². The van der Waals surface area contributed by atoms with Gasteiger partial charge < -0.3 is 9.84 Å². The molecule has 1 heterocycles. The van der Waals surface area contributed by atoms with Crippen molar-refractivity contribution in [2.24, 2.45) is 0 Å². The van der Waals surface area contributed by atoms with Crippen LogP contribution in [0.4, 0.5) is 4.79 Å². The molecule has 1 aliphatic heterocycles. The summed E-state index contributed by atoms with van der Waals surface area (Å²) in [6.07, 6.45) is -0.929. The quantitative estimate of drug-likeness (QED) is 0.723. The van der Waals surface area contributed by atoms with Crippen LogP contribution in [0.1, 0.15) is 11.7 Å². The van der Waals surface area contributed by atoms with Crippen molar-refractivity contribution >= 4 is 6.09 Å². The smallest absolute Gasteiger partial charge is 0.422 e. The van der Waals surface area contributed by atoms with E-state index in [1.54, 1.807) is 36.3 Å². The number of cyclic esters (lactones) is 1. The molecule has 0 bridgehead atoms. The van der Waals surface area contributed by atoms with Gasteiger partial charge in [-0.25, -0.2) is 9.80 Å². The molecular formula is C10H12N2O3. The maximum atomic E-state index is 11.1. The first-order chi connectivity index (χ1) is 7.16. The summed E-state index contributed by atoms with van der Waals surface area (Å²) in [4.78, 5) is 11.1. The SMILES string of the molecule is CN1CC(c2ccccc2O)OC(=O)N1. The third kappa shape index (κ3) is 2.02. The van der Waals surface area contributed by atoms with E-state index >= 15 is 0 Å². The Bertz CT molecular complexity index is 381. The number of aromatic hydroxyl groups is 1. The molecule has 1 saturated heterocycles. The van der Waals surface area contributed by atoms with Crippen molar-refractivity contribution in [3.63, 3.8) is 0 Å². The Morgan fingerprint density at radius 3 is 2.93 bits per heavy atom. The molecule has 1 atom stereocenters. The Labute approximate surface area is 87.2 Å². The van der Waals surface area contributed by atoms with E-state index in [9.17, 15) is 9.90 Å². The number of phenolic OH excluding ortho intramolecular Hbond substituents is 1. The number of para-hydroxylation sites is 1. The van der Waals surface area contributed by atoms with Crippen molar-refractivity contribution in [3.8, 4) is 5.75 Å². The van der Waals surface area contributed by atoms with Crippen LogP contribution in [0.2, 0.25) is 0 Å². The van der Waals surface area contributed by atoms with Crippen LogP contribution < -0.4 is 5.43 Å². The minimum atomic E-state index is -0.503. The molecule has 1 fully saturated rings. The van der Waals surface area contributed by atoms with Gasteiger partial charge in [0.05, 0.1) is 6.54 Å². The summed E-state index contributed by atoms with van der Waals surface area (Å²) < 4.78 is 5.07. The van der Waals surface area contributed by atoms with Gasteiger partial charge in [-0.05, 0) is 6.07 Å². The van der Waals surface area contributed by atoms with E-state index < -0.39 is 12.2 Å². The normalized spacial score (nSPS) is 21.9. The van der Waals surface area contributed by atoms with Crippen molar-refractivity contribution in [3.05, 3.63) is 29.8 Å². The first-order valence-corrected chi connectivity index (χ1v) is 4.63. The summed E-state index contributed by atoms with van der Waals surface area (Å²) in [7, 11) is 1.74. The van der Waals surface area contributed by atoms with E-state index in [1.165, 1.54) is 0 Å². The van der Waals surface area contributed by atoms with E-state index in [0.717, 1.165) is 0 Å². The van der Waals surface area contributed by atoms with Crippen molar-refractivity contribution < 1.29 is 14.6 Å². The van der Waals surface area contributed by atoms with Crippen LogP contribution in [-0.2, 0) is 4.74 Å². The zero-order valence-corrected chi connectivity index (χ0v) is 8.30. The highest BCUT2D eigenvalue weighted by Crippen LogP contribution is 2.28. The standard InChI is InChI=1S/C10H12N2O3/c1-12-6-9(15-10(14)11-12)7-4-2-3-5-8(7)13/h2-5,9,13H,6H2,1H3,(H,11,14). The van der Waals surface area contributed by atoms with Gasteiger partial charge in [0.2, 0.25) is 0 Å². The summed E-state index contributed by atoms with van der Waals surface area (Å²) in [5.41, 5.74) is 3.11. The molecule has 1 aromatic rings. The van der Waals surface area contributed by atoms with Crippen LogP contribution in [0.5, 0.6) is 5.75 Å². The zero-order chi connectivity index (χ0) is 10.8. The number of rotatable bonds is 1. The molecule has 5 heteroatoms. The maximum absolute atomic E-state index is 11.1. The van der Waals surface area contributed by atoms with Gasteiger partial charge in [0.25, 0.3) is 0 Å². The molecule has 15 heavy (non-hydrogen) atoms. The molecule has 80 valence electrons. The van der Waals surface area contributed by atoms with Gasteiger partial charge in [0.1, 0.15) is 11.9 Å². The molecule has 1 amide bonds. The topological polar surface area (TPSA) is 61.8 Å². The predicted molar refractivity (Wildman–Crippen MR) is 53.1 cm³/mol. The van der Waals surface area contributed by atoms with Gasteiger partial charge in [-0.2, -0.15) is 0 Å². The van der Waals surface area contributed by atoms with Gasteiger partial charge in [-0.3, -0.25) is 5.43 Å². The Morgan fingerprint density at radius 2 is 2.27 bits per heavy atom. The number of nitrogens with one attached hydrogen (secondary N) is 1. The van der Waals surface area contributed by atoms with Gasteiger partial charge in [0.15, 0.2) is 0 Å². The van der Waals surface area contributed by atoms with E-state index in [1.807, 2.05) is 0 Å². The van der Waals surface area contributed by atoms with Crippen LogP contribution >= 0.6 is 0 Å². The van der Waals surface area contributed by atoms with Crippen LogP contribution in [0.25, 0.3) is 0 Å². The third-order valence-electron chi connectivity index (χ3n) is 2.25. The minimum Gasteiger partial charge on any atom is -0.508 e. The van der Waals surface area contributed by atoms with Crippen LogP contribution in [-0.4, -0.2) is 29.8 Å². The molecule has 0 saturated carbocycles. The predicted octanol–water partition coefficient (Wildman–Crippen LogP) is 1.02. The number of carbonyl (C=O) groups is 1. The molecule has 0 radical (unpaired) electrons. The highest BCUT2D eigenvalue weighted by Gasteiger charge is 2.26. The number of hydrogen-bond acceptors (Lipinski definition) is 4.